The Morgan fingerprint density at radius 2 is 2.00 bits per heavy atom. The molecule has 2 nitrogen and oxygen atoms in total. The summed E-state index contributed by atoms with van der Waals surface area (Å²) in [4.78, 5) is 12.2. The standard InChI is InChI=1S/C14H14ClNO/c1-9(10-2-3-10)14(17)13(8-16)11-4-6-12(15)7-5-11/h4-7,9-10,13H,2-3H2,1H3. The van der Waals surface area contributed by atoms with Crippen molar-refractivity contribution in [2.24, 2.45) is 11.8 Å². The topological polar surface area (TPSA) is 40.9 Å². The van der Waals surface area contributed by atoms with Crippen LogP contribution < -0.4 is 0 Å². The lowest BCUT2D eigenvalue weighted by molar-refractivity contribution is -0.123. The van der Waals surface area contributed by atoms with Crippen LogP contribution in [0.5, 0.6) is 0 Å². The van der Waals surface area contributed by atoms with E-state index >= 15 is 0 Å². The highest BCUT2D eigenvalue weighted by Crippen LogP contribution is 2.39. The van der Waals surface area contributed by atoms with E-state index in [2.05, 4.69) is 6.07 Å². The highest BCUT2D eigenvalue weighted by atomic mass is 35.5. The number of halogens is 1. The summed E-state index contributed by atoms with van der Waals surface area (Å²) in [7, 11) is 0. The van der Waals surface area contributed by atoms with Gasteiger partial charge >= 0.3 is 0 Å². The smallest absolute Gasteiger partial charge is 0.157 e. The van der Waals surface area contributed by atoms with E-state index in [1.54, 1.807) is 24.3 Å². The second kappa shape index (κ2) is 4.89. The fourth-order valence-electron chi connectivity index (χ4n) is 2.05. The fraction of sp³-hybridized carbons (Fsp3) is 0.429. The van der Waals surface area contributed by atoms with Gasteiger partial charge in [0.05, 0.1) is 6.07 Å². The number of Topliss-reactive ketones (excluding diaryl/α,β-unsaturated/α-hetero) is 1. The first-order valence-electron chi connectivity index (χ1n) is 5.82. The SMILES string of the molecule is CC(C(=O)C(C#N)c1ccc(Cl)cc1)C1CC1. The van der Waals surface area contributed by atoms with Crippen molar-refractivity contribution in [1.29, 1.82) is 5.26 Å². The Kier molecular flexibility index (Phi) is 3.49. The van der Waals surface area contributed by atoms with Gasteiger partial charge in [0, 0.05) is 10.9 Å². The maximum atomic E-state index is 12.2. The van der Waals surface area contributed by atoms with Gasteiger partial charge in [-0.1, -0.05) is 30.7 Å². The van der Waals surface area contributed by atoms with Crippen molar-refractivity contribution >= 4 is 17.4 Å². The van der Waals surface area contributed by atoms with E-state index in [1.807, 2.05) is 6.92 Å². The van der Waals surface area contributed by atoms with Crippen LogP contribution in [0.25, 0.3) is 0 Å². The van der Waals surface area contributed by atoms with Crippen LogP contribution >= 0.6 is 11.6 Å². The van der Waals surface area contributed by atoms with Crippen molar-refractivity contribution in [3.05, 3.63) is 34.9 Å². The summed E-state index contributed by atoms with van der Waals surface area (Å²) in [6.45, 7) is 1.93. The van der Waals surface area contributed by atoms with E-state index in [0.717, 1.165) is 18.4 Å². The molecule has 0 bridgehead atoms. The second-order valence-electron chi connectivity index (χ2n) is 4.64. The molecule has 0 aliphatic heterocycles. The molecular weight excluding hydrogens is 234 g/mol. The Hall–Kier alpha value is -1.33. The van der Waals surface area contributed by atoms with E-state index in [-0.39, 0.29) is 11.7 Å². The van der Waals surface area contributed by atoms with Gasteiger partial charge in [0.2, 0.25) is 0 Å². The van der Waals surface area contributed by atoms with E-state index in [1.165, 1.54) is 0 Å². The predicted molar refractivity (Wildman–Crippen MR) is 66.7 cm³/mol. The number of rotatable bonds is 4. The molecule has 0 spiro atoms. The minimum atomic E-state index is -0.650. The Morgan fingerprint density at radius 1 is 1.41 bits per heavy atom. The molecule has 0 amide bonds. The average molecular weight is 248 g/mol. The fourth-order valence-corrected chi connectivity index (χ4v) is 2.18. The van der Waals surface area contributed by atoms with Crippen molar-refractivity contribution in [3.63, 3.8) is 0 Å². The van der Waals surface area contributed by atoms with Crippen LogP contribution in [0.4, 0.5) is 0 Å². The molecule has 0 aromatic heterocycles. The van der Waals surface area contributed by atoms with Crippen molar-refractivity contribution in [1.82, 2.24) is 0 Å². The number of hydrogen-bond acceptors (Lipinski definition) is 2. The van der Waals surface area contributed by atoms with Gasteiger partial charge < -0.3 is 0 Å². The summed E-state index contributed by atoms with van der Waals surface area (Å²) in [6, 6.07) is 9.06. The third-order valence-corrected chi connectivity index (χ3v) is 3.65. The summed E-state index contributed by atoms with van der Waals surface area (Å²) in [6.07, 6.45) is 2.23. The van der Waals surface area contributed by atoms with Crippen LogP contribution in [0.15, 0.2) is 24.3 Å². The number of hydrogen-bond donors (Lipinski definition) is 0. The van der Waals surface area contributed by atoms with E-state index in [0.29, 0.717) is 10.9 Å². The Labute approximate surface area is 106 Å². The Bertz CT molecular complexity index is 456. The number of benzene rings is 1. The molecule has 1 saturated carbocycles. The molecule has 0 saturated heterocycles. The van der Waals surface area contributed by atoms with E-state index in [4.69, 9.17) is 16.9 Å². The molecule has 0 N–H and O–H groups in total. The lowest BCUT2D eigenvalue weighted by Crippen LogP contribution is -2.20. The highest BCUT2D eigenvalue weighted by Gasteiger charge is 2.36. The van der Waals surface area contributed by atoms with Crippen molar-refractivity contribution < 1.29 is 4.79 Å². The normalized spacial score (nSPS) is 18.2. The molecule has 2 unspecified atom stereocenters. The second-order valence-corrected chi connectivity index (χ2v) is 5.08. The molecule has 0 heterocycles. The average Bonchev–Trinajstić information content (AvgIpc) is 3.15. The van der Waals surface area contributed by atoms with Gasteiger partial charge in [-0.05, 0) is 36.5 Å². The quantitative estimate of drug-likeness (QED) is 0.816. The lowest BCUT2D eigenvalue weighted by Gasteiger charge is -2.14. The van der Waals surface area contributed by atoms with Crippen molar-refractivity contribution in [2.75, 3.05) is 0 Å². The predicted octanol–water partition coefficient (Wildman–Crippen LogP) is 3.56. The van der Waals surface area contributed by atoms with Crippen LogP contribution in [-0.4, -0.2) is 5.78 Å². The third-order valence-electron chi connectivity index (χ3n) is 3.39. The van der Waals surface area contributed by atoms with Gasteiger partial charge in [0.1, 0.15) is 5.92 Å². The van der Waals surface area contributed by atoms with Gasteiger partial charge in [0.25, 0.3) is 0 Å². The molecule has 17 heavy (non-hydrogen) atoms. The molecular formula is C14H14ClNO. The summed E-state index contributed by atoms with van der Waals surface area (Å²) < 4.78 is 0. The molecule has 3 heteroatoms. The molecule has 0 radical (unpaired) electrons. The zero-order chi connectivity index (χ0) is 12.4. The van der Waals surface area contributed by atoms with Crippen LogP contribution in [0.3, 0.4) is 0 Å². The van der Waals surface area contributed by atoms with Crippen molar-refractivity contribution in [2.45, 2.75) is 25.7 Å². The molecule has 1 aromatic carbocycles. The minimum Gasteiger partial charge on any atom is -0.298 e. The summed E-state index contributed by atoms with van der Waals surface area (Å²) in [5.74, 6) is -0.124. The molecule has 1 aliphatic carbocycles. The van der Waals surface area contributed by atoms with Gasteiger partial charge in [-0.2, -0.15) is 5.26 Å². The first kappa shape index (κ1) is 12.1. The maximum Gasteiger partial charge on any atom is 0.157 e. The van der Waals surface area contributed by atoms with Gasteiger partial charge in [-0.15, -0.1) is 0 Å². The first-order chi connectivity index (χ1) is 8.13. The van der Waals surface area contributed by atoms with Crippen LogP contribution in [-0.2, 0) is 4.79 Å². The van der Waals surface area contributed by atoms with E-state index in [9.17, 15) is 4.79 Å². The number of carbonyl (C=O) groups excluding carboxylic acids is 1. The number of ketones is 1. The lowest BCUT2D eigenvalue weighted by atomic mass is 9.87. The summed E-state index contributed by atoms with van der Waals surface area (Å²) >= 11 is 5.79. The first-order valence-corrected chi connectivity index (χ1v) is 6.20. The molecule has 88 valence electrons. The number of carbonyl (C=O) groups is 1. The summed E-state index contributed by atoms with van der Waals surface area (Å²) in [5.41, 5.74) is 0.745. The Balaban J connectivity index is 2.18. The van der Waals surface area contributed by atoms with Crippen LogP contribution in [0.2, 0.25) is 5.02 Å². The van der Waals surface area contributed by atoms with Gasteiger partial charge in [-0.25, -0.2) is 0 Å². The molecule has 1 aliphatic rings. The van der Waals surface area contributed by atoms with Gasteiger partial charge in [0.15, 0.2) is 5.78 Å². The molecule has 2 atom stereocenters. The number of nitrogens with zero attached hydrogens (tertiary/aromatic N) is 1. The van der Waals surface area contributed by atoms with E-state index < -0.39 is 5.92 Å². The van der Waals surface area contributed by atoms with Crippen molar-refractivity contribution in [3.8, 4) is 6.07 Å². The van der Waals surface area contributed by atoms with Crippen LogP contribution in [0, 0.1) is 23.2 Å². The zero-order valence-corrected chi connectivity index (χ0v) is 10.4. The Morgan fingerprint density at radius 3 is 2.47 bits per heavy atom. The van der Waals surface area contributed by atoms with Gasteiger partial charge in [-0.3, -0.25) is 4.79 Å². The zero-order valence-electron chi connectivity index (χ0n) is 9.69. The molecule has 2 rings (SSSR count). The van der Waals surface area contributed by atoms with Crippen LogP contribution in [0.1, 0.15) is 31.2 Å². The third kappa shape index (κ3) is 2.68. The maximum absolute atomic E-state index is 12.2. The molecule has 1 fully saturated rings. The largest absolute Gasteiger partial charge is 0.298 e. The minimum absolute atomic E-state index is 0.00433. The highest BCUT2D eigenvalue weighted by molar-refractivity contribution is 6.30. The summed E-state index contributed by atoms with van der Waals surface area (Å²) in [5, 5.41) is 9.79. The monoisotopic (exact) mass is 247 g/mol. The number of nitriles is 1. The molecule has 1 aromatic rings.